The number of piperidine rings is 3. The molecule has 0 aliphatic carbocycles. The van der Waals surface area contributed by atoms with Crippen molar-refractivity contribution in [2.24, 2.45) is 5.92 Å². The van der Waals surface area contributed by atoms with Crippen LogP contribution in [0.15, 0.2) is 36.4 Å². The third-order valence-corrected chi connectivity index (χ3v) is 7.50. The van der Waals surface area contributed by atoms with E-state index in [1.807, 2.05) is 18.2 Å². The molecule has 2 aromatic rings. The lowest BCUT2D eigenvalue weighted by Gasteiger charge is -2.49. The number of carbonyl (C=O) groups is 1. The number of sulfonamides is 1. The molecule has 1 aromatic heterocycles. The highest BCUT2D eigenvalue weighted by Gasteiger charge is 2.40. The zero-order valence-electron chi connectivity index (χ0n) is 16.0. The van der Waals surface area contributed by atoms with Gasteiger partial charge < -0.3 is 5.32 Å². The molecule has 0 radical (unpaired) electrons. The Morgan fingerprint density at radius 1 is 1.18 bits per heavy atom. The maximum atomic E-state index is 12.8. The van der Waals surface area contributed by atoms with Crippen molar-refractivity contribution in [1.29, 1.82) is 0 Å². The summed E-state index contributed by atoms with van der Waals surface area (Å²) in [5.41, 5.74) is 1.40. The Morgan fingerprint density at radius 3 is 2.61 bits per heavy atom. The van der Waals surface area contributed by atoms with E-state index < -0.39 is 10.0 Å². The molecule has 5 rings (SSSR count). The summed E-state index contributed by atoms with van der Waals surface area (Å²) in [6, 6.07) is 11.6. The Kier molecular flexibility index (Phi) is 5.20. The number of rotatable bonds is 5. The molecule has 4 heterocycles. The summed E-state index contributed by atoms with van der Waals surface area (Å²) in [5, 5.41) is 3.26. The number of benzene rings is 1. The van der Waals surface area contributed by atoms with Crippen LogP contribution in [-0.4, -0.2) is 50.7 Å². The quantitative estimate of drug-likeness (QED) is 0.781. The maximum Gasteiger partial charge on any atom is 0.261 e. The zero-order valence-corrected chi connectivity index (χ0v) is 17.6. The summed E-state index contributed by atoms with van der Waals surface area (Å²) >= 11 is 1.43. The standard InChI is InChI=1S/C20H25N3O3S2/c1-13-19(14-8-10-23(13)11-9-14)21-20(24)18-7-6-17(27-18)15-4-3-5-16(12-15)22-28(2,25)26/h3-7,12-14,19,22H,8-11H2,1-2H3,(H,21,24). The highest BCUT2D eigenvalue weighted by Crippen LogP contribution is 2.33. The van der Waals surface area contributed by atoms with Gasteiger partial charge in [0.2, 0.25) is 10.0 Å². The third kappa shape index (κ3) is 4.09. The summed E-state index contributed by atoms with van der Waals surface area (Å²) in [4.78, 5) is 16.9. The van der Waals surface area contributed by atoms with E-state index in [4.69, 9.17) is 0 Å². The Labute approximate surface area is 170 Å². The minimum absolute atomic E-state index is 0.0211. The van der Waals surface area contributed by atoms with E-state index in [0.717, 1.165) is 42.6 Å². The first-order valence-corrected chi connectivity index (χ1v) is 12.2. The van der Waals surface area contributed by atoms with E-state index in [0.29, 0.717) is 22.5 Å². The summed E-state index contributed by atoms with van der Waals surface area (Å²) in [6.45, 7) is 4.48. The van der Waals surface area contributed by atoms with Crippen LogP contribution in [0.25, 0.3) is 10.4 Å². The van der Waals surface area contributed by atoms with E-state index >= 15 is 0 Å². The Bertz CT molecular complexity index is 976. The van der Waals surface area contributed by atoms with Crippen LogP contribution in [0.3, 0.4) is 0 Å². The summed E-state index contributed by atoms with van der Waals surface area (Å²) in [7, 11) is -3.32. The van der Waals surface area contributed by atoms with Crippen molar-refractivity contribution in [1.82, 2.24) is 10.2 Å². The van der Waals surface area contributed by atoms with E-state index in [2.05, 4.69) is 21.9 Å². The van der Waals surface area contributed by atoms with Gasteiger partial charge in [0.15, 0.2) is 0 Å². The topological polar surface area (TPSA) is 78.5 Å². The first-order valence-electron chi connectivity index (χ1n) is 9.53. The lowest BCUT2D eigenvalue weighted by Crippen LogP contribution is -2.62. The van der Waals surface area contributed by atoms with Gasteiger partial charge in [-0.25, -0.2) is 8.42 Å². The normalized spacial score (nSPS) is 26.8. The number of amides is 1. The molecule has 2 bridgehead atoms. The molecule has 8 heteroatoms. The van der Waals surface area contributed by atoms with Crippen molar-refractivity contribution in [3.63, 3.8) is 0 Å². The summed E-state index contributed by atoms with van der Waals surface area (Å²) in [5.74, 6) is 0.550. The van der Waals surface area contributed by atoms with Gasteiger partial charge in [0.05, 0.1) is 11.1 Å². The monoisotopic (exact) mass is 419 g/mol. The molecule has 0 spiro atoms. The van der Waals surface area contributed by atoms with Gasteiger partial charge in [0, 0.05) is 22.6 Å². The Hall–Kier alpha value is -1.90. The number of hydrogen-bond acceptors (Lipinski definition) is 5. The van der Waals surface area contributed by atoms with E-state index in [1.54, 1.807) is 18.2 Å². The van der Waals surface area contributed by atoms with E-state index in [1.165, 1.54) is 11.3 Å². The molecule has 1 amide bonds. The molecule has 2 N–H and O–H groups in total. The van der Waals surface area contributed by atoms with Crippen molar-refractivity contribution in [2.45, 2.75) is 31.8 Å². The smallest absolute Gasteiger partial charge is 0.261 e. The highest BCUT2D eigenvalue weighted by atomic mass is 32.2. The van der Waals surface area contributed by atoms with Gasteiger partial charge in [0.1, 0.15) is 0 Å². The average molecular weight is 420 g/mol. The first kappa shape index (κ1) is 19.4. The lowest BCUT2D eigenvalue weighted by molar-refractivity contribution is 0.0218. The van der Waals surface area contributed by atoms with Crippen LogP contribution in [-0.2, 0) is 10.0 Å². The van der Waals surface area contributed by atoms with Crippen LogP contribution < -0.4 is 10.0 Å². The van der Waals surface area contributed by atoms with Gasteiger partial charge in [-0.1, -0.05) is 12.1 Å². The number of anilines is 1. The lowest BCUT2D eigenvalue weighted by atomic mass is 9.79. The number of hydrogen-bond donors (Lipinski definition) is 2. The SMILES string of the molecule is CC1C(NC(=O)c2ccc(-c3cccc(NS(C)(=O)=O)c3)s2)C2CCN1CC2. The van der Waals surface area contributed by atoms with Crippen molar-refractivity contribution < 1.29 is 13.2 Å². The van der Waals surface area contributed by atoms with Gasteiger partial charge in [-0.3, -0.25) is 14.4 Å². The van der Waals surface area contributed by atoms with Crippen LogP contribution >= 0.6 is 11.3 Å². The van der Waals surface area contributed by atoms with Crippen molar-refractivity contribution in [2.75, 3.05) is 24.1 Å². The van der Waals surface area contributed by atoms with Crippen molar-refractivity contribution >= 4 is 33.0 Å². The molecule has 0 saturated carbocycles. The van der Waals surface area contributed by atoms with Crippen LogP contribution in [0, 0.1) is 5.92 Å². The number of thiophene rings is 1. The molecule has 3 aliphatic rings. The van der Waals surface area contributed by atoms with E-state index in [9.17, 15) is 13.2 Å². The maximum absolute atomic E-state index is 12.8. The molecule has 3 aliphatic heterocycles. The molecule has 1 aromatic carbocycles. The molecule has 2 atom stereocenters. The first-order chi connectivity index (χ1) is 13.3. The van der Waals surface area contributed by atoms with Crippen molar-refractivity contribution in [3.05, 3.63) is 41.3 Å². The number of nitrogens with one attached hydrogen (secondary N) is 2. The highest BCUT2D eigenvalue weighted by molar-refractivity contribution is 7.92. The zero-order chi connectivity index (χ0) is 19.9. The molecule has 2 unspecified atom stereocenters. The largest absolute Gasteiger partial charge is 0.347 e. The molecule has 3 fully saturated rings. The summed E-state index contributed by atoms with van der Waals surface area (Å²) in [6.07, 6.45) is 3.44. The predicted molar refractivity (Wildman–Crippen MR) is 113 cm³/mol. The van der Waals surface area contributed by atoms with Gasteiger partial charge in [-0.05, 0) is 68.6 Å². The second kappa shape index (κ2) is 7.50. The molecular weight excluding hydrogens is 394 g/mol. The van der Waals surface area contributed by atoms with E-state index in [-0.39, 0.29) is 11.9 Å². The average Bonchev–Trinajstić information content (AvgIpc) is 3.14. The fourth-order valence-electron chi connectivity index (χ4n) is 4.33. The molecule has 150 valence electrons. The van der Waals surface area contributed by atoms with Crippen LogP contribution in [0.4, 0.5) is 5.69 Å². The second-order valence-electron chi connectivity index (χ2n) is 7.73. The predicted octanol–water partition coefficient (Wildman–Crippen LogP) is 3.00. The molecular formula is C20H25N3O3S2. The number of nitrogens with zero attached hydrogens (tertiary/aromatic N) is 1. The molecule has 6 nitrogen and oxygen atoms in total. The second-order valence-corrected chi connectivity index (χ2v) is 10.6. The number of carbonyl (C=O) groups excluding carboxylic acids is 1. The summed E-state index contributed by atoms with van der Waals surface area (Å²) < 4.78 is 25.4. The minimum atomic E-state index is -3.32. The fourth-order valence-corrected chi connectivity index (χ4v) is 5.79. The molecule has 3 saturated heterocycles. The fraction of sp³-hybridized carbons (Fsp3) is 0.450. The third-order valence-electron chi connectivity index (χ3n) is 5.76. The Balaban J connectivity index is 1.48. The van der Waals surface area contributed by atoms with Crippen molar-refractivity contribution in [3.8, 4) is 10.4 Å². The Morgan fingerprint density at radius 2 is 1.93 bits per heavy atom. The van der Waals surface area contributed by atoms with Gasteiger partial charge in [-0.15, -0.1) is 11.3 Å². The molecule has 28 heavy (non-hydrogen) atoms. The van der Waals surface area contributed by atoms with Crippen LogP contribution in [0.1, 0.15) is 29.4 Å². The van der Waals surface area contributed by atoms with Crippen LogP contribution in [0.2, 0.25) is 0 Å². The van der Waals surface area contributed by atoms with Gasteiger partial charge >= 0.3 is 0 Å². The van der Waals surface area contributed by atoms with Gasteiger partial charge in [-0.2, -0.15) is 0 Å². The van der Waals surface area contributed by atoms with Gasteiger partial charge in [0.25, 0.3) is 5.91 Å². The van der Waals surface area contributed by atoms with Crippen LogP contribution in [0.5, 0.6) is 0 Å². The number of fused-ring (bicyclic) bond motifs is 3. The minimum Gasteiger partial charge on any atom is -0.347 e.